The molecule has 0 aromatic heterocycles. The maximum Gasteiger partial charge on any atom is 0.264 e. The third kappa shape index (κ3) is 2.90. The summed E-state index contributed by atoms with van der Waals surface area (Å²) in [6.07, 6.45) is 0.703. The first kappa shape index (κ1) is 10.4. The Labute approximate surface area is 70.2 Å². The fourth-order valence-electron chi connectivity index (χ4n) is 0.485. The van der Waals surface area contributed by atoms with Crippen molar-refractivity contribution in [2.45, 2.75) is 6.92 Å². The summed E-state index contributed by atoms with van der Waals surface area (Å²) in [7, 11) is 2.77. The first-order valence-corrected chi connectivity index (χ1v) is 5.08. The Morgan fingerprint density at radius 3 is 2.18 bits per heavy atom. The van der Waals surface area contributed by atoms with E-state index in [1.54, 1.807) is 7.05 Å². The van der Waals surface area contributed by atoms with E-state index in [9.17, 15) is 8.42 Å². The number of nitrogens with one attached hydrogen (secondary N) is 2. The monoisotopic (exact) mass is 196 g/mol. The van der Waals surface area contributed by atoms with Crippen molar-refractivity contribution < 1.29 is 8.42 Å². The quantitative estimate of drug-likeness (QED) is 0.515. The molecule has 0 saturated carbocycles. The summed E-state index contributed by atoms with van der Waals surface area (Å²) in [5.74, 6) is 0. The molecule has 2 N–H and O–H groups in total. The van der Waals surface area contributed by atoms with Gasteiger partial charge < -0.3 is 10.7 Å². The normalized spacial score (nSPS) is 13.7. The first-order chi connectivity index (χ1) is 4.93. The summed E-state index contributed by atoms with van der Waals surface area (Å²) >= 11 is 0. The largest absolute Gasteiger partial charge is 0.391 e. The molecule has 0 saturated heterocycles. The van der Waals surface area contributed by atoms with E-state index in [2.05, 4.69) is 5.32 Å². The van der Waals surface area contributed by atoms with Crippen LogP contribution in [0.25, 0.3) is 0 Å². The Hall–Kier alpha value is -0.550. The predicted molar refractivity (Wildman–Crippen MR) is 45.3 cm³/mol. The molecule has 64 valence electrons. The molecule has 0 fully saturated rings. The van der Waals surface area contributed by atoms with Gasteiger partial charge in [-0.3, -0.25) is 0 Å². The van der Waals surface area contributed by atoms with Crippen molar-refractivity contribution in [1.29, 1.82) is 5.41 Å². The fraction of sp³-hybridized carbons (Fsp3) is 0.400. The lowest BCUT2D eigenvalue weighted by Gasteiger charge is -2.01. The molecule has 4 nitrogen and oxygen atoms in total. The summed E-state index contributed by atoms with van der Waals surface area (Å²) < 4.78 is 21.4. The van der Waals surface area contributed by atoms with Gasteiger partial charge in [0.15, 0.2) is 0 Å². The van der Waals surface area contributed by atoms with Crippen molar-refractivity contribution in [2.24, 2.45) is 0 Å². The van der Waals surface area contributed by atoms with Gasteiger partial charge in [-0.05, 0) is 6.92 Å². The highest BCUT2D eigenvalue weighted by Gasteiger charge is 2.13. The van der Waals surface area contributed by atoms with Crippen LogP contribution in [0.1, 0.15) is 6.92 Å². The van der Waals surface area contributed by atoms with Crippen LogP contribution in [0.2, 0.25) is 0 Å². The highest BCUT2D eigenvalue weighted by Crippen LogP contribution is 2.11. The Bertz CT molecular complexity index is 281. The fourth-order valence-corrected chi connectivity index (χ4v) is 1.57. The molecule has 0 unspecified atom stereocenters. The van der Waals surface area contributed by atoms with Crippen LogP contribution in [0.15, 0.2) is 10.6 Å². The molecule has 0 radical (unpaired) electrons. The maximum absolute atomic E-state index is 10.7. The average molecular weight is 197 g/mol. The first-order valence-electron chi connectivity index (χ1n) is 2.77. The molecule has 0 amide bonds. The van der Waals surface area contributed by atoms with Crippen LogP contribution in [0.5, 0.6) is 0 Å². The minimum absolute atomic E-state index is 0.207. The standard InChI is InChI=1S/C5H9ClN2O2S/c1-4(8-2)5(3-7)11(6,9)10/h3,7-8H,1-2H3/b5-4+,7-3?. The molecule has 0 heterocycles. The third-order valence-electron chi connectivity index (χ3n) is 1.14. The van der Waals surface area contributed by atoms with Gasteiger partial charge in [-0.2, -0.15) is 0 Å². The zero-order chi connectivity index (χ0) is 9.07. The van der Waals surface area contributed by atoms with Crippen molar-refractivity contribution in [2.75, 3.05) is 7.05 Å². The summed E-state index contributed by atoms with van der Waals surface area (Å²) in [5, 5.41) is 9.35. The number of allylic oxidation sites excluding steroid dienone is 2. The lowest BCUT2D eigenvalue weighted by atomic mass is 10.4. The zero-order valence-electron chi connectivity index (χ0n) is 6.18. The van der Waals surface area contributed by atoms with E-state index in [-0.39, 0.29) is 4.91 Å². The minimum Gasteiger partial charge on any atom is -0.391 e. The van der Waals surface area contributed by atoms with Gasteiger partial charge in [0.2, 0.25) is 0 Å². The van der Waals surface area contributed by atoms with Crippen molar-refractivity contribution in [1.82, 2.24) is 5.32 Å². The van der Waals surface area contributed by atoms with Crippen molar-refractivity contribution in [3.63, 3.8) is 0 Å². The maximum atomic E-state index is 10.7. The van der Waals surface area contributed by atoms with E-state index in [0.29, 0.717) is 11.9 Å². The van der Waals surface area contributed by atoms with Crippen LogP contribution in [0, 0.1) is 5.41 Å². The van der Waals surface area contributed by atoms with Crippen LogP contribution >= 0.6 is 10.7 Å². The molecule has 0 aliphatic rings. The number of halogens is 1. The Morgan fingerprint density at radius 2 is 2.09 bits per heavy atom. The highest BCUT2D eigenvalue weighted by atomic mass is 35.7. The van der Waals surface area contributed by atoms with E-state index in [4.69, 9.17) is 16.1 Å². The molecule has 6 heteroatoms. The van der Waals surface area contributed by atoms with Gasteiger partial charge in [0.1, 0.15) is 4.91 Å². The molecule has 11 heavy (non-hydrogen) atoms. The molecular weight excluding hydrogens is 188 g/mol. The Balaban J connectivity index is 5.15. The van der Waals surface area contributed by atoms with E-state index in [1.807, 2.05) is 0 Å². The SMILES string of the molecule is CN/C(C)=C(\C=N)S(=O)(=O)Cl. The summed E-state index contributed by atoms with van der Waals surface area (Å²) in [5.41, 5.74) is 0.356. The lowest BCUT2D eigenvalue weighted by Crippen LogP contribution is -2.10. The van der Waals surface area contributed by atoms with Gasteiger partial charge >= 0.3 is 0 Å². The molecule has 0 rings (SSSR count). The van der Waals surface area contributed by atoms with E-state index in [1.165, 1.54) is 6.92 Å². The molecule has 0 aromatic carbocycles. The smallest absolute Gasteiger partial charge is 0.264 e. The highest BCUT2D eigenvalue weighted by molar-refractivity contribution is 8.17. The van der Waals surface area contributed by atoms with Gasteiger partial charge in [0.25, 0.3) is 9.05 Å². The molecule has 0 aromatic rings. The second-order valence-corrected chi connectivity index (χ2v) is 4.36. The summed E-state index contributed by atoms with van der Waals surface area (Å²) in [6.45, 7) is 1.53. The van der Waals surface area contributed by atoms with Crippen molar-refractivity contribution in [3.8, 4) is 0 Å². The van der Waals surface area contributed by atoms with Crippen molar-refractivity contribution in [3.05, 3.63) is 10.6 Å². The zero-order valence-corrected chi connectivity index (χ0v) is 7.75. The minimum atomic E-state index is -3.78. The van der Waals surface area contributed by atoms with E-state index >= 15 is 0 Å². The van der Waals surface area contributed by atoms with Crippen molar-refractivity contribution >= 4 is 25.9 Å². The van der Waals surface area contributed by atoms with Gasteiger partial charge in [-0.15, -0.1) is 0 Å². The molecule has 0 atom stereocenters. The molecule has 0 spiro atoms. The van der Waals surface area contributed by atoms with Gasteiger partial charge in [0, 0.05) is 29.6 Å². The average Bonchev–Trinajstić information content (AvgIpc) is 1.86. The van der Waals surface area contributed by atoms with Gasteiger partial charge in [-0.1, -0.05) is 0 Å². The van der Waals surface area contributed by atoms with E-state index < -0.39 is 9.05 Å². The number of hydrogen-bond donors (Lipinski definition) is 2. The van der Waals surface area contributed by atoms with Gasteiger partial charge in [-0.25, -0.2) is 8.42 Å². The van der Waals surface area contributed by atoms with Crippen LogP contribution in [-0.2, 0) is 9.05 Å². The van der Waals surface area contributed by atoms with Crippen LogP contribution in [0.3, 0.4) is 0 Å². The van der Waals surface area contributed by atoms with Crippen LogP contribution in [-0.4, -0.2) is 21.7 Å². The molecule has 0 aliphatic heterocycles. The van der Waals surface area contributed by atoms with Crippen LogP contribution in [0.4, 0.5) is 0 Å². The molecule has 0 aliphatic carbocycles. The molecule has 0 bridgehead atoms. The second kappa shape index (κ2) is 3.73. The number of rotatable bonds is 3. The lowest BCUT2D eigenvalue weighted by molar-refractivity contribution is 0.615. The summed E-state index contributed by atoms with van der Waals surface area (Å²) in [6, 6.07) is 0. The van der Waals surface area contributed by atoms with Crippen LogP contribution < -0.4 is 5.32 Å². The Kier molecular flexibility index (Phi) is 3.54. The second-order valence-electron chi connectivity index (χ2n) is 1.82. The molecular formula is C5H9ClN2O2S. The third-order valence-corrected chi connectivity index (χ3v) is 2.59. The summed E-state index contributed by atoms with van der Waals surface area (Å²) in [4.78, 5) is -0.207. The topological polar surface area (TPSA) is 70.0 Å². The number of hydrogen-bond acceptors (Lipinski definition) is 4. The van der Waals surface area contributed by atoms with Gasteiger partial charge in [0.05, 0.1) is 0 Å². The Morgan fingerprint density at radius 1 is 1.64 bits per heavy atom. The van der Waals surface area contributed by atoms with E-state index in [0.717, 1.165) is 0 Å². The predicted octanol–water partition coefficient (Wildman–Crippen LogP) is 0.655.